The molecule has 1 amide bonds. The van der Waals surface area contributed by atoms with Crippen molar-refractivity contribution in [3.63, 3.8) is 0 Å². The minimum Gasteiger partial charge on any atom is -0.373 e. The number of morpholine rings is 1. The van der Waals surface area contributed by atoms with Crippen LogP contribution in [0, 0.1) is 16.0 Å². The van der Waals surface area contributed by atoms with Gasteiger partial charge in [-0.2, -0.15) is 0 Å². The summed E-state index contributed by atoms with van der Waals surface area (Å²) in [6.45, 7) is 6.53. The van der Waals surface area contributed by atoms with Crippen molar-refractivity contribution in [3.8, 4) is 0 Å². The highest BCUT2D eigenvalue weighted by atomic mass is 16.6. The number of nitrogens with zero attached hydrogens (tertiary/aromatic N) is 2. The second-order valence-corrected chi connectivity index (χ2v) is 6.79. The lowest BCUT2D eigenvalue weighted by molar-refractivity contribution is -0.497. The molecule has 7 heteroatoms. The normalized spacial score (nSPS) is 29.9. The topological polar surface area (TPSA) is 84.7 Å². The van der Waals surface area contributed by atoms with E-state index in [9.17, 15) is 14.9 Å². The average molecular weight is 333 g/mol. The zero-order chi connectivity index (χ0) is 17.3. The number of para-hydroxylation sites is 1. The molecule has 0 unspecified atom stereocenters. The average Bonchev–Trinajstić information content (AvgIpc) is 3.29. The third-order valence-electron chi connectivity index (χ3n) is 4.53. The molecular weight excluding hydrogens is 310 g/mol. The first-order valence-corrected chi connectivity index (χ1v) is 8.34. The van der Waals surface area contributed by atoms with Crippen LogP contribution in [0.4, 0.5) is 5.69 Å². The SMILES string of the molecule is C[C@@H]1CN(Cc2ccccc2NC(=O)[C@@H]2C[C@H]2[N+](=O)[O-])C[C@H](C)O1. The molecule has 0 radical (unpaired) electrons. The monoisotopic (exact) mass is 333 g/mol. The number of rotatable bonds is 5. The fourth-order valence-electron chi connectivity index (χ4n) is 3.36. The molecule has 1 heterocycles. The first-order valence-electron chi connectivity index (χ1n) is 8.34. The lowest BCUT2D eigenvalue weighted by Gasteiger charge is -2.35. The minimum absolute atomic E-state index is 0.183. The maximum atomic E-state index is 12.2. The lowest BCUT2D eigenvalue weighted by Crippen LogP contribution is -2.44. The summed E-state index contributed by atoms with van der Waals surface area (Å²) < 4.78 is 5.75. The molecule has 1 saturated carbocycles. The molecular formula is C17H23N3O4. The van der Waals surface area contributed by atoms with Gasteiger partial charge in [0.1, 0.15) is 5.92 Å². The number of ether oxygens (including phenoxy) is 1. The van der Waals surface area contributed by atoms with Gasteiger partial charge in [0.25, 0.3) is 0 Å². The van der Waals surface area contributed by atoms with E-state index in [0.29, 0.717) is 6.42 Å². The number of nitrogens with one attached hydrogen (secondary N) is 1. The number of anilines is 1. The maximum Gasteiger partial charge on any atom is 0.234 e. The van der Waals surface area contributed by atoms with Crippen molar-refractivity contribution in [3.05, 3.63) is 39.9 Å². The third-order valence-corrected chi connectivity index (χ3v) is 4.53. The molecule has 1 aromatic rings. The van der Waals surface area contributed by atoms with Gasteiger partial charge in [-0.25, -0.2) is 0 Å². The number of carbonyl (C=O) groups is 1. The second kappa shape index (κ2) is 6.86. The molecule has 0 aromatic heterocycles. The Bertz CT molecular complexity index is 626. The van der Waals surface area contributed by atoms with E-state index in [1.54, 1.807) is 0 Å². The van der Waals surface area contributed by atoms with Gasteiger partial charge in [-0.3, -0.25) is 19.8 Å². The van der Waals surface area contributed by atoms with E-state index in [4.69, 9.17) is 4.74 Å². The van der Waals surface area contributed by atoms with Crippen LogP contribution in [0.15, 0.2) is 24.3 Å². The molecule has 1 aliphatic carbocycles. The van der Waals surface area contributed by atoms with Gasteiger partial charge in [-0.05, 0) is 25.5 Å². The molecule has 3 rings (SSSR count). The van der Waals surface area contributed by atoms with Crippen molar-refractivity contribution in [1.29, 1.82) is 0 Å². The Kier molecular flexibility index (Phi) is 4.82. The number of nitro groups is 1. The molecule has 1 aromatic carbocycles. The first kappa shape index (κ1) is 16.9. The molecule has 130 valence electrons. The number of carbonyl (C=O) groups excluding carboxylic acids is 1. The van der Waals surface area contributed by atoms with E-state index in [1.807, 2.05) is 24.3 Å². The molecule has 1 aliphatic heterocycles. The van der Waals surface area contributed by atoms with Gasteiger partial charge in [-0.15, -0.1) is 0 Å². The van der Waals surface area contributed by atoms with Gasteiger partial charge >= 0.3 is 0 Å². The minimum atomic E-state index is -0.724. The van der Waals surface area contributed by atoms with Gasteiger partial charge < -0.3 is 10.1 Å². The van der Waals surface area contributed by atoms with E-state index in [-0.39, 0.29) is 23.0 Å². The molecule has 24 heavy (non-hydrogen) atoms. The van der Waals surface area contributed by atoms with Crippen molar-refractivity contribution >= 4 is 11.6 Å². The standard InChI is InChI=1S/C17H23N3O4/c1-11-8-19(9-12(2)24-11)10-13-5-3-4-6-15(13)18-17(21)14-7-16(14)20(22)23/h3-6,11-12,14,16H,7-10H2,1-2H3,(H,18,21)/t11-,12+,14-,16-/m1/s1. The highest BCUT2D eigenvalue weighted by Gasteiger charge is 2.53. The van der Waals surface area contributed by atoms with Crippen LogP contribution in [-0.2, 0) is 16.1 Å². The van der Waals surface area contributed by atoms with E-state index >= 15 is 0 Å². The fraction of sp³-hybridized carbons (Fsp3) is 0.588. The number of hydrogen-bond donors (Lipinski definition) is 1. The van der Waals surface area contributed by atoms with Gasteiger partial charge in [0.05, 0.1) is 12.2 Å². The highest BCUT2D eigenvalue weighted by Crippen LogP contribution is 2.34. The molecule has 4 atom stereocenters. The quantitative estimate of drug-likeness (QED) is 0.657. The maximum absolute atomic E-state index is 12.2. The Balaban J connectivity index is 1.65. The van der Waals surface area contributed by atoms with Crippen LogP contribution in [0.3, 0.4) is 0 Å². The predicted octanol–water partition coefficient (Wildman–Crippen LogP) is 1.90. The van der Waals surface area contributed by atoms with Crippen molar-refractivity contribution in [2.24, 2.45) is 5.92 Å². The molecule has 0 spiro atoms. The summed E-state index contributed by atoms with van der Waals surface area (Å²) in [5.41, 5.74) is 1.76. The smallest absolute Gasteiger partial charge is 0.234 e. The molecule has 1 N–H and O–H groups in total. The second-order valence-electron chi connectivity index (χ2n) is 6.79. The fourth-order valence-corrected chi connectivity index (χ4v) is 3.36. The summed E-state index contributed by atoms with van der Waals surface area (Å²) in [5.74, 6) is -0.760. The largest absolute Gasteiger partial charge is 0.373 e. The molecule has 0 bridgehead atoms. The Morgan fingerprint density at radius 3 is 2.62 bits per heavy atom. The number of hydrogen-bond acceptors (Lipinski definition) is 5. The van der Waals surface area contributed by atoms with Crippen LogP contribution in [0.2, 0.25) is 0 Å². The van der Waals surface area contributed by atoms with E-state index in [1.165, 1.54) is 0 Å². The van der Waals surface area contributed by atoms with Gasteiger partial charge in [0.2, 0.25) is 11.9 Å². The summed E-state index contributed by atoms with van der Waals surface area (Å²) in [6.07, 6.45) is 0.699. The van der Waals surface area contributed by atoms with Gasteiger partial charge in [0.15, 0.2) is 0 Å². The molecule has 2 aliphatic rings. The van der Waals surface area contributed by atoms with Crippen LogP contribution in [0.5, 0.6) is 0 Å². The van der Waals surface area contributed by atoms with Crippen LogP contribution < -0.4 is 5.32 Å². The summed E-state index contributed by atoms with van der Waals surface area (Å²) in [6, 6.07) is 6.91. The van der Waals surface area contributed by atoms with Crippen molar-refractivity contribution in [1.82, 2.24) is 4.90 Å². The van der Waals surface area contributed by atoms with Crippen LogP contribution in [0.25, 0.3) is 0 Å². The van der Waals surface area contributed by atoms with Gasteiger partial charge in [-0.1, -0.05) is 18.2 Å². The Morgan fingerprint density at radius 2 is 2.00 bits per heavy atom. The summed E-state index contributed by atoms with van der Waals surface area (Å²) >= 11 is 0. The van der Waals surface area contributed by atoms with Crippen molar-refractivity contribution < 1.29 is 14.5 Å². The lowest BCUT2D eigenvalue weighted by atomic mass is 10.1. The molecule has 7 nitrogen and oxygen atoms in total. The Labute approximate surface area is 141 Å². The zero-order valence-electron chi connectivity index (χ0n) is 14.0. The highest BCUT2D eigenvalue weighted by molar-refractivity contribution is 5.95. The van der Waals surface area contributed by atoms with E-state index in [2.05, 4.69) is 24.1 Å². The number of benzene rings is 1. The Morgan fingerprint density at radius 1 is 1.33 bits per heavy atom. The molecule has 1 saturated heterocycles. The Hall–Kier alpha value is -1.99. The zero-order valence-corrected chi connectivity index (χ0v) is 14.0. The van der Waals surface area contributed by atoms with Crippen LogP contribution >= 0.6 is 0 Å². The van der Waals surface area contributed by atoms with Crippen LogP contribution in [0.1, 0.15) is 25.8 Å². The van der Waals surface area contributed by atoms with Crippen LogP contribution in [-0.4, -0.2) is 47.1 Å². The van der Waals surface area contributed by atoms with E-state index in [0.717, 1.165) is 30.9 Å². The predicted molar refractivity (Wildman–Crippen MR) is 89.2 cm³/mol. The molecule has 2 fully saturated rings. The van der Waals surface area contributed by atoms with Crippen molar-refractivity contribution in [2.75, 3.05) is 18.4 Å². The van der Waals surface area contributed by atoms with Gasteiger partial charge in [0, 0.05) is 36.7 Å². The number of amides is 1. The first-order chi connectivity index (χ1) is 11.4. The van der Waals surface area contributed by atoms with Crippen molar-refractivity contribution in [2.45, 2.75) is 45.1 Å². The summed E-state index contributed by atoms with van der Waals surface area (Å²) in [4.78, 5) is 24.9. The third kappa shape index (κ3) is 3.91. The van der Waals surface area contributed by atoms with E-state index < -0.39 is 12.0 Å². The summed E-state index contributed by atoms with van der Waals surface area (Å²) in [5, 5.41) is 13.6. The summed E-state index contributed by atoms with van der Waals surface area (Å²) in [7, 11) is 0.